The van der Waals surface area contributed by atoms with Crippen molar-refractivity contribution < 1.29 is 0 Å². The number of fused-ring (bicyclic) bond motifs is 4. The van der Waals surface area contributed by atoms with E-state index in [4.69, 9.17) is 0 Å². The molecule has 0 spiro atoms. The molecule has 4 rings (SSSR count). The number of nitroso groups, excluding NO2 is 1. The number of rotatable bonds is 3. The van der Waals surface area contributed by atoms with Crippen LogP contribution in [0, 0.1) is 4.91 Å². The molecule has 0 radical (unpaired) electrons. The van der Waals surface area contributed by atoms with E-state index >= 15 is 0 Å². The van der Waals surface area contributed by atoms with Crippen LogP contribution in [-0.2, 0) is 6.54 Å². The second-order valence-electron chi connectivity index (χ2n) is 6.86. The third-order valence-electron chi connectivity index (χ3n) is 5.20. The Bertz CT molecular complexity index is 1060. The van der Waals surface area contributed by atoms with Crippen molar-refractivity contribution in [2.45, 2.75) is 39.3 Å². The van der Waals surface area contributed by atoms with Gasteiger partial charge in [0.1, 0.15) is 6.04 Å². The highest BCUT2D eigenvalue weighted by Crippen LogP contribution is 2.44. The summed E-state index contributed by atoms with van der Waals surface area (Å²) in [4.78, 5) is 24.9. The lowest BCUT2D eigenvalue weighted by Gasteiger charge is -2.17. The molecule has 1 aliphatic carbocycles. The van der Waals surface area contributed by atoms with Gasteiger partial charge in [-0.2, -0.15) is 0 Å². The lowest BCUT2D eigenvalue weighted by Crippen LogP contribution is -2.17. The van der Waals surface area contributed by atoms with Crippen LogP contribution < -0.4 is 5.43 Å². The topological polar surface area (TPSA) is 51.4 Å². The zero-order valence-corrected chi connectivity index (χ0v) is 14.6. The fraction of sp³-hybridized carbons (Fsp3) is 0.286. The Morgan fingerprint density at radius 1 is 1.16 bits per heavy atom. The summed E-state index contributed by atoms with van der Waals surface area (Å²) < 4.78 is 2.14. The molecule has 0 bridgehead atoms. The van der Waals surface area contributed by atoms with Gasteiger partial charge in [-0.15, -0.1) is 4.91 Å². The van der Waals surface area contributed by atoms with Gasteiger partial charge in [-0.05, 0) is 36.1 Å². The van der Waals surface area contributed by atoms with E-state index in [1.165, 1.54) is 0 Å². The molecular formula is C21H20N2O2. The molecule has 4 heteroatoms. The summed E-state index contributed by atoms with van der Waals surface area (Å²) in [5.74, 6) is 0.337. The second-order valence-corrected chi connectivity index (χ2v) is 6.86. The van der Waals surface area contributed by atoms with Gasteiger partial charge in [0.15, 0.2) is 5.43 Å². The first kappa shape index (κ1) is 15.8. The van der Waals surface area contributed by atoms with Crippen LogP contribution in [0.4, 0.5) is 0 Å². The lowest BCUT2D eigenvalue weighted by atomic mass is 9.98. The fourth-order valence-electron chi connectivity index (χ4n) is 3.94. The Morgan fingerprint density at radius 2 is 1.92 bits per heavy atom. The van der Waals surface area contributed by atoms with Gasteiger partial charge >= 0.3 is 0 Å². The molecule has 0 fully saturated rings. The van der Waals surface area contributed by atoms with Crippen LogP contribution in [0.1, 0.15) is 49.4 Å². The van der Waals surface area contributed by atoms with E-state index in [0.717, 1.165) is 34.4 Å². The van der Waals surface area contributed by atoms with E-state index in [1.54, 1.807) is 0 Å². The van der Waals surface area contributed by atoms with Crippen LogP contribution in [0.15, 0.2) is 52.4 Å². The van der Waals surface area contributed by atoms with Crippen molar-refractivity contribution >= 4 is 10.9 Å². The predicted molar refractivity (Wildman–Crippen MR) is 101 cm³/mol. The van der Waals surface area contributed by atoms with Crippen molar-refractivity contribution in [3.05, 3.63) is 74.3 Å². The van der Waals surface area contributed by atoms with Crippen molar-refractivity contribution in [2.75, 3.05) is 0 Å². The van der Waals surface area contributed by atoms with Crippen LogP contribution in [0.25, 0.3) is 22.2 Å². The summed E-state index contributed by atoms with van der Waals surface area (Å²) >= 11 is 0. The monoisotopic (exact) mass is 332 g/mol. The van der Waals surface area contributed by atoms with Gasteiger partial charge in [-0.25, -0.2) is 0 Å². The molecule has 0 aliphatic heterocycles. The van der Waals surface area contributed by atoms with E-state index in [9.17, 15) is 9.70 Å². The van der Waals surface area contributed by atoms with Gasteiger partial charge in [0.05, 0.1) is 16.8 Å². The largest absolute Gasteiger partial charge is 0.340 e. The number of hydrogen-bond donors (Lipinski definition) is 0. The molecule has 1 unspecified atom stereocenters. The molecule has 4 nitrogen and oxygen atoms in total. The third kappa shape index (κ3) is 2.10. The minimum Gasteiger partial charge on any atom is -0.340 e. The highest BCUT2D eigenvalue weighted by atomic mass is 16.3. The zero-order chi connectivity index (χ0) is 17.7. The lowest BCUT2D eigenvalue weighted by molar-refractivity contribution is 0.783. The SMILES string of the molecule is CCn1c2c(c(=O)c3cc(C(C)C)ccc31)C(N=O)c1ccccc1-2. The first-order valence-corrected chi connectivity index (χ1v) is 8.70. The maximum Gasteiger partial charge on any atom is 0.195 e. The van der Waals surface area contributed by atoms with Crippen molar-refractivity contribution in [3.63, 3.8) is 0 Å². The Balaban J connectivity index is 2.18. The normalized spacial score (nSPS) is 15.4. The fourth-order valence-corrected chi connectivity index (χ4v) is 3.94. The Hall–Kier alpha value is -2.75. The van der Waals surface area contributed by atoms with Gasteiger partial charge < -0.3 is 4.57 Å². The number of nitrogens with zero attached hydrogens (tertiary/aromatic N) is 2. The Kier molecular flexibility index (Phi) is 3.57. The number of hydrogen-bond acceptors (Lipinski definition) is 3. The second kappa shape index (κ2) is 5.66. The molecule has 3 aromatic rings. The van der Waals surface area contributed by atoms with E-state index < -0.39 is 6.04 Å². The number of aromatic nitrogens is 1. The molecular weight excluding hydrogens is 312 g/mol. The Morgan fingerprint density at radius 3 is 2.60 bits per heavy atom. The first-order chi connectivity index (χ1) is 12.1. The molecule has 1 heterocycles. The number of aryl methyl sites for hydroxylation is 1. The number of pyridine rings is 1. The summed E-state index contributed by atoms with van der Waals surface area (Å²) in [6, 6.07) is 13.1. The average molecular weight is 332 g/mol. The molecule has 1 atom stereocenters. The van der Waals surface area contributed by atoms with Crippen LogP contribution in [0.3, 0.4) is 0 Å². The summed E-state index contributed by atoms with van der Waals surface area (Å²) in [7, 11) is 0. The zero-order valence-electron chi connectivity index (χ0n) is 14.6. The summed E-state index contributed by atoms with van der Waals surface area (Å²) in [5, 5.41) is 3.98. The van der Waals surface area contributed by atoms with Crippen LogP contribution in [0.5, 0.6) is 0 Å². The van der Waals surface area contributed by atoms with E-state index in [2.05, 4.69) is 36.6 Å². The molecule has 2 aromatic carbocycles. The molecule has 1 aromatic heterocycles. The van der Waals surface area contributed by atoms with Crippen molar-refractivity contribution in [2.24, 2.45) is 5.18 Å². The Labute approximate surface area is 146 Å². The molecule has 0 N–H and O–H groups in total. The van der Waals surface area contributed by atoms with Crippen LogP contribution in [-0.4, -0.2) is 4.57 Å². The van der Waals surface area contributed by atoms with Gasteiger partial charge in [0, 0.05) is 17.5 Å². The quantitative estimate of drug-likeness (QED) is 0.635. The smallest absolute Gasteiger partial charge is 0.195 e. The van der Waals surface area contributed by atoms with Crippen LogP contribution in [0.2, 0.25) is 0 Å². The average Bonchev–Trinajstić information content (AvgIpc) is 2.96. The first-order valence-electron chi connectivity index (χ1n) is 8.70. The van der Waals surface area contributed by atoms with Crippen molar-refractivity contribution in [1.29, 1.82) is 0 Å². The maximum atomic E-state index is 13.3. The van der Waals surface area contributed by atoms with E-state index in [1.807, 2.05) is 36.4 Å². The van der Waals surface area contributed by atoms with Crippen LogP contribution >= 0.6 is 0 Å². The van der Waals surface area contributed by atoms with E-state index in [-0.39, 0.29) is 5.43 Å². The van der Waals surface area contributed by atoms with E-state index in [0.29, 0.717) is 16.9 Å². The third-order valence-corrected chi connectivity index (χ3v) is 5.20. The summed E-state index contributed by atoms with van der Waals surface area (Å²) in [6.07, 6.45) is 0. The number of benzene rings is 2. The molecule has 0 saturated carbocycles. The summed E-state index contributed by atoms with van der Waals surface area (Å²) in [5.41, 5.74) is 5.10. The van der Waals surface area contributed by atoms with Gasteiger partial charge in [-0.3, -0.25) is 4.79 Å². The molecule has 0 saturated heterocycles. The van der Waals surface area contributed by atoms with Gasteiger partial charge in [-0.1, -0.05) is 49.4 Å². The highest BCUT2D eigenvalue weighted by molar-refractivity contribution is 5.88. The molecule has 25 heavy (non-hydrogen) atoms. The standard InChI is InChI=1S/C21H20N2O2/c1-4-23-17-10-9-13(12(2)3)11-16(17)21(24)18-19(22-25)14-7-5-6-8-15(14)20(18)23/h5-12,19H,4H2,1-3H3. The predicted octanol–water partition coefficient (Wildman–Crippen LogP) is 4.98. The minimum absolute atomic E-state index is 0.0713. The highest BCUT2D eigenvalue weighted by Gasteiger charge is 2.35. The maximum absolute atomic E-state index is 13.3. The van der Waals surface area contributed by atoms with Gasteiger partial charge in [0.25, 0.3) is 0 Å². The van der Waals surface area contributed by atoms with Crippen molar-refractivity contribution in [3.8, 4) is 11.3 Å². The summed E-state index contributed by atoms with van der Waals surface area (Å²) in [6.45, 7) is 7.00. The van der Waals surface area contributed by atoms with Gasteiger partial charge in [0.2, 0.25) is 0 Å². The van der Waals surface area contributed by atoms with Crippen molar-refractivity contribution in [1.82, 2.24) is 4.57 Å². The molecule has 1 aliphatic rings. The molecule has 126 valence electrons. The molecule has 0 amide bonds. The minimum atomic E-state index is -0.719.